The maximum absolute atomic E-state index is 12.1. The Morgan fingerprint density at radius 2 is 2.03 bits per heavy atom. The molecular weight excluding hydrogens is 406 g/mol. The number of nitrogens with one attached hydrogen (secondary N) is 1. The van der Waals surface area contributed by atoms with Crippen molar-refractivity contribution in [1.29, 1.82) is 0 Å². The molecule has 2 aliphatic heterocycles. The van der Waals surface area contributed by atoms with Crippen LogP contribution in [0.25, 0.3) is 0 Å². The van der Waals surface area contributed by atoms with E-state index in [1.165, 1.54) is 4.90 Å². The number of hydrogen-bond acceptors (Lipinski definition) is 8. The molecule has 1 atom stereocenters. The first-order chi connectivity index (χ1) is 14.6. The van der Waals surface area contributed by atoms with Crippen LogP contribution < -0.4 is 15.1 Å². The molecule has 0 spiro atoms. The number of carbonyl (C=O) groups is 1. The average molecular weight is 430 g/mol. The zero-order valence-electron chi connectivity index (χ0n) is 16.3. The summed E-state index contributed by atoms with van der Waals surface area (Å²) < 4.78 is 5.29. The Bertz CT molecular complexity index is 875. The van der Waals surface area contributed by atoms with Gasteiger partial charge >= 0.3 is 6.09 Å². The molecule has 2 aromatic rings. The van der Waals surface area contributed by atoms with Crippen molar-refractivity contribution in [1.82, 2.24) is 25.2 Å². The number of amides is 1. The molecule has 0 radical (unpaired) electrons. The third kappa shape index (κ3) is 4.92. The summed E-state index contributed by atoms with van der Waals surface area (Å²) in [4.78, 5) is 31.2. The van der Waals surface area contributed by atoms with Crippen LogP contribution in [0.4, 0.5) is 16.3 Å². The molecule has 1 amide bonds. The highest BCUT2D eigenvalue weighted by atomic mass is 32.1. The van der Waals surface area contributed by atoms with Crippen LogP contribution in [0, 0.1) is 0 Å². The van der Waals surface area contributed by atoms with E-state index in [-0.39, 0.29) is 17.8 Å². The van der Waals surface area contributed by atoms with Crippen LogP contribution in [0.2, 0.25) is 0 Å². The van der Waals surface area contributed by atoms with Gasteiger partial charge in [-0.3, -0.25) is 19.8 Å². The number of nitrogens with zero attached hydrogens (tertiary/aromatic N) is 6. The van der Waals surface area contributed by atoms with Crippen molar-refractivity contribution < 1.29 is 14.6 Å². The Morgan fingerprint density at radius 3 is 2.70 bits per heavy atom. The third-order valence-corrected chi connectivity index (χ3v) is 5.24. The Morgan fingerprint density at radius 1 is 1.20 bits per heavy atom. The molecule has 0 bridgehead atoms. The number of piperazine rings is 1. The molecule has 0 saturated carbocycles. The van der Waals surface area contributed by atoms with Crippen LogP contribution in [0.1, 0.15) is 5.69 Å². The Kier molecular flexibility index (Phi) is 6.19. The lowest BCUT2D eigenvalue weighted by atomic mass is 10.2. The molecular formula is C19H23N7O3S. The summed E-state index contributed by atoms with van der Waals surface area (Å²) in [5.41, 5.74) is 1.65. The second kappa shape index (κ2) is 9.18. The van der Waals surface area contributed by atoms with E-state index in [4.69, 9.17) is 9.84 Å². The third-order valence-electron chi connectivity index (χ3n) is 5.10. The maximum atomic E-state index is 12.1. The number of carbonyl (C=O) groups excluding carboxylic acids is 1. The molecule has 0 aromatic carbocycles. The normalized spacial score (nSPS) is 19.6. The molecule has 2 aromatic heterocycles. The number of hydrogen-bond donors (Lipinski definition) is 2. The zero-order valence-corrected chi connectivity index (χ0v) is 17.2. The molecule has 2 fully saturated rings. The van der Waals surface area contributed by atoms with Gasteiger partial charge in [-0.1, -0.05) is 0 Å². The van der Waals surface area contributed by atoms with Crippen molar-refractivity contribution in [3.05, 3.63) is 42.6 Å². The quantitative estimate of drug-likeness (QED) is 0.645. The van der Waals surface area contributed by atoms with Gasteiger partial charge < -0.3 is 20.1 Å². The Labute approximate surface area is 179 Å². The topological polar surface area (TPSA) is 107 Å². The smallest absolute Gasteiger partial charge is 0.414 e. The molecule has 1 unspecified atom stereocenters. The highest BCUT2D eigenvalue weighted by Gasteiger charge is 2.32. The average Bonchev–Trinajstić information content (AvgIpc) is 3.14. The fourth-order valence-corrected chi connectivity index (χ4v) is 3.62. The molecule has 0 aliphatic carbocycles. The monoisotopic (exact) mass is 429 g/mol. The minimum absolute atomic E-state index is 0.266. The number of ether oxygens (including phenoxy) is 1. The number of thiocarbonyl (C=S) groups is 1. The van der Waals surface area contributed by atoms with Gasteiger partial charge in [0.15, 0.2) is 0 Å². The number of cyclic esters (lactones) is 1. The molecule has 4 heterocycles. The summed E-state index contributed by atoms with van der Waals surface area (Å²) in [5.74, 6) is 0.884. The molecule has 10 nitrogen and oxygen atoms in total. The minimum Gasteiger partial charge on any atom is -0.487 e. The summed E-state index contributed by atoms with van der Waals surface area (Å²) in [5, 5.41) is 11.3. The van der Waals surface area contributed by atoms with Crippen LogP contribution in [0.5, 0.6) is 0 Å². The number of aliphatic hydroxyl groups excluding tert-OH is 1. The van der Waals surface area contributed by atoms with E-state index in [0.717, 1.165) is 44.2 Å². The predicted octanol–water partition coefficient (Wildman–Crippen LogP) is 0.952. The predicted molar refractivity (Wildman–Crippen MR) is 115 cm³/mol. The highest BCUT2D eigenvalue weighted by molar-refractivity contribution is 7.79. The van der Waals surface area contributed by atoms with E-state index in [0.29, 0.717) is 12.2 Å². The molecule has 2 N–H and O–H groups in total. The van der Waals surface area contributed by atoms with Crippen molar-refractivity contribution in [2.45, 2.75) is 12.6 Å². The Balaban J connectivity index is 1.30. The summed E-state index contributed by atoms with van der Waals surface area (Å²) in [6.07, 6.45) is 6.07. The lowest BCUT2D eigenvalue weighted by molar-refractivity contribution is 0.142. The first-order valence-electron chi connectivity index (χ1n) is 9.71. The molecule has 2 saturated heterocycles. The maximum Gasteiger partial charge on any atom is 0.414 e. The SMILES string of the molecule is O=C1OC(CNC(O)=S)CN1c1ccc(N2CCN(Cc3cnccn3)CC2)nc1. The summed E-state index contributed by atoms with van der Waals surface area (Å²) >= 11 is 4.57. The second-order valence-corrected chi connectivity index (χ2v) is 7.52. The van der Waals surface area contributed by atoms with Gasteiger partial charge in [0.05, 0.1) is 30.7 Å². The number of anilines is 2. The lowest BCUT2D eigenvalue weighted by Crippen LogP contribution is -2.46. The Hall–Kier alpha value is -3.05. The standard InChI is InChI=1S/C19H23N7O3S/c27-18(30)23-11-16-13-26(19(28)29-16)15-1-2-17(22-10-15)25-7-5-24(6-8-25)12-14-9-20-3-4-21-14/h1-4,9-10,16H,5-8,11-13H2,(H2,23,27,30). The van der Waals surface area contributed by atoms with Crippen molar-refractivity contribution in [3.8, 4) is 0 Å². The van der Waals surface area contributed by atoms with Crippen LogP contribution in [-0.4, -0.2) is 81.6 Å². The number of rotatable bonds is 6. The molecule has 30 heavy (non-hydrogen) atoms. The molecule has 2 aliphatic rings. The number of pyridine rings is 1. The van der Waals surface area contributed by atoms with E-state index < -0.39 is 6.09 Å². The number of aliphatic hydroxyl groups is 1. The zero-order chi connectivity index (χ0) is 20.9. The van der Waals surface area contributed by atoms with Crippen LogP contribution >= 0.6 is 12.2 Å². The molecule has 4 rings (SSSR count). The highest BCUT2D eigenvalue weighted by Crippen LogP contribution is 2.23. The summed E-state index contributed by atoms with van der Waals surface area (Å²) in [6, 6.07) is 3.80. The fraction of sp³-hybridized carbons (Fsp3) is 0.421. The van der Waals surface area contributed by atoms with Crippen molar-refractivity contribution in [2.75, 3.05) is 49.1 Å². The van der Waals surface area contributed by atoms with Gasteiger partial charge in [-0.15, -0.1) is 0 Å². The van der Waals surface area contributed by atoms with Crippen molar-refractivity contribution in [2.24, 2.45) is 0 Å². The first-order valence-corrected chi connectivity index (χ1v) is 10.1. The minimum atomic E-state index is -0.433. The lowest BCUT2D eigenvalue weighted by Gasteiger charge is -2.35. The van der Waals surface area contributed by atoms with Crippen molar-refractivity contribution >= 4 is 35.0 Å². The molecule has 158 valence electrons. The van der Waals surface area contributed by atoms with E-state index in [9.17, 15) is 4.79 Å². The van der Waals surface area contributed by atoms with E-state index in [1.807, 2.05) is 12.1 Å². The first kappa shape index (κ1) is 20.2. The van der Waals surface area contributed by atoms with Gasteiger partial charge in [0, 0.05) is 51.3 Å². The second-order valence-electron chi connectivity index (χ2n) is 7.14. The number of aromatic nitrogens is 3. The van der Waals surface area contributed by atoms with Crippen LogP contribution in [0.15, 0.2) is 36.9 Å². The van der Waals surface area contributed by atoms with Gasteiger partial charge in [-0.25, -0.2) is 9.78 Å². The van der Waals surface area contributed by atoms with Crippen LogP contribution in [0.3, 0.4) is 0 Å². The van der Waals surface area contributed by atoms with Gasteiger partial charge in [0.25, 0.3) is 5.17 Å². The molecule has 11 heteroatoms. The summed E-state index contributed by atoms with van der Waals surface area (Å²) in [7, 11) is 0. The van der Waals surface area contributed by atoms with E-state index in [2.05, 4.69) is 42.3 Å². The van der Waals surface area contributed by atoms with Crippen LogP contribution in [-0.2, 0) is 11.3 Å². The van der Waals surface area contributed by atoms with E-state index >= 15 is 0 Å². The van der Waals surface area contributed by atoms with Gasteiger partial charge in [0.2, 0.25) is 0 Å². The van der Waals surface area contributed by atoms with Gasteiger partial charge in [-0.2, -0.15) is 0 Å². The summed E-state index contributed by atoms with van der Waals surface area (Å²) in [6.45, 7) is 5.00. The van der Waals surface area contributed by atoms with Gasteiger partial charge in [-0.05, 0) is 24.4 Å². The van der Waals surface area contributed by atoms with Gasteiger partial charge in [0.1, 0.15) is 11.9 Å². The van der Waals surface area contributed by atoms with E-state index in [1.54, 1.807) is 24.8 Å². The fourth-order valence-electron chi connectivity index (χ4n) is 3.54. The largest absolute Gasteiger partial charge is 0.487 e. The van der Waals surface area contributed by atoms with Crippen molar-refractivity contribution in [3.63, 3.8) is 0 Å².